The Labute approximate surface area is 106 Å². The van der Waals surface area contributed by atoms with Gasteiger partial charge in [-0.3, -0.25) is 9.97 Å². The maximum absolute atomic E-state index is 13.5. The van der Waals surface area contributed by atoms with Gasteiger partial charge in [-0.1, -0.05) is 17.7 Å². The highest BCUT2D eigenvalue weighted by Crippen LogP contribution is 2.09. The number of benzene rings is 1. The highest BCUT2D eigenvalue weighted by Gasteiger charge is 2.02. The van der Waals surface area contributed by atoms with Gasteiger partial charge in [0.15, 0.2) is 0 Å². The van der Waals surface area contributed by atoms with E-state index in [-0.39, 0.29) is 5.82 Å². The SMILES string of the molecule is Cc1ccc(F)c(CNCc2cnc(C)cn2)c1. The topological polar surface area (TPSA) is 37.8 Å². The average Bonchev–Trinajstić information content (AvgIpc) is 2.36. The molecule has 0 amide bonds. The van der Waals surface area contributed by atoms with E-state index in [2.05, 4.69) is 15.3 Å². The second-order valence-corrected chi connectivity index (χ2v) is 4.35. The smallest absolute Gasteiger partial charge is 0.127 e. The summed E-state index contributed by atoms with van der Waals surface area (Å²) in [4.78, 5) is 8.39. The van der Waals surface area contributed by atoms with Gasteiger partial charge in [0.25, 0.3) is 0 Å². The maximum Gasteiger partial charge on any atom is 0.127 e. The molecule has 0 spiro atoms. The number of aromatic nitrogens is 2. The lowest BCUT2D eigenvalue weighted by atomic mass is 10.1. The molecule has 94 valence electrons. The summed E-state index contributed by atoms with van der Waals surface area (Å²) in [5.74, 6) is -0.178. The van der Waals surface area contributed by atoms with Gasteiger partial charge >= 0.3 is 0 Å². The van der Waals surface area contributed by atoms with E-state index in [1.807, 2.05) is 19.9 Å². The Morgan fingerprint density at radius 1 is 1.11 bits per heavy atom. The molecule has 0 saturated heterocycles. The molecule has 1 heterocycles. The zero-order valence-corrected chi connectivity index (χ0v) is 10.6. The van der Waals surface area contributed by atoms with E-state index in [1.165, 1.54) is 6.07 Å². The Morgan fingerprint density at radius 2 is 1.94 bits per heavy atom. The van der Waals surface area contributed by atoms with Crippen molar-refractivity contribution in [2.24, 2.45) is 0 Å². The van der Waals surface area contributed by atoms with Gasteiger partial charge in [-0.05, 0) is 19.9 Å². The van der Waals surface area contributed by atoms with Crippen molar-refractivity contribution in [2.75, 3.05) is 0 Å². The van der Waals surface area contributed by atoms with Crippen LogP contribution in [0.5, 0.6) is 0 Å². The molecule has 1 N–H and O–H groups in total. The number of hydrogen-bond donors (Lipinski definition) is 1. The van der Waals surface area contributed by atoms with Crippen molar-refractivity contribution in [1.29, 1.82) is 0 Å². The first-order valence-electron chi connectivity index (χ1n) is 5.88. The van der Waals surface area contributed by atoms with Crippen LogP contribution < -0.4 is 5.32 Å². The Hall–Kier alpha value is -1.81. The van der Waals surface area contributed by atoms with Crippen molar-refractivity contribution in [2.45, 2.75) is 26.9 Å². The van der Waals surface area contributed by atoms with Crippen molar-refractivity contribution >= 4 is 0 Å². The van der Waals surface area contributed by atoms with E-state index in [0.717, 1.165) is 17.0 Å². The third-order valence-corrected chi connectivity index (χ3v) is 2.66. The quantitative estimate of drug-likeness (QED) is 0.899. The van der Waals surface area contributed by atoms with Crippen molar-refractivity contribution in [3.8, 4) is 0 Å². The molecule has 0 aliphatic rings. The van der Waals surface area contributed by atoms with Crippen LogP contribution >= 0.6 is 0 Å². The summed E-state index contributed by atoms with van der Waals surface area (Å²) >= 11 is 0. The molecule has 0 unspecified atom stereocenters. The molecule has 0 aliphatic carbocycles. The van der Waals surface area contributed by atoms with Crippen LogP contribution in [-0.2, 0) is 13.1 Å². The first-order chi connectivity index (χ1) is 8.65. The predicted molar refractivity (Wildman–Crippen MR) is 68.4 cm³/mol. The monoisotopic (exact) mass is 245 g/mol. The molecule has 1 aromatic carbocycles. The summed E-state index contributed by atoms with van der Waals surface area (Å²) in [5.41, 5.74) is 3.48. The Kier molecular flexibility index (Phi) is 3.99. The number of hydrogen-bond acceptors (Lipinski definition) is 3. The number of halogens is 1. The van der Waals surface area contributed by atoms with Crippen LogP contribution in [0.3, 0.4) is 0 Å². The lowest BCUT2D eigenvalue weighted by Crippen LogP contribution is -2.15. The fourth-order valence-corrected chi connectivity index (χ4v) is 1.67. The largest absolute Gasteiger partial charge is 0.307 e. The second-order valence-electron chi connectivity index (χ2n) is 4.35. The van der Waals surface area contributed by atoms with Crippen molar-refractivity contribution < 1.29 is 4.39 Å². The predicted octanol–water partition coefficient (Wildman–Crippen LogP) is 2.52. The minimum Gasteiger partial charge on any atom is -0.307 e. The fraction of sp³-hybridized carbons (Fsp3) is 0.286. The van der Waals surface area contributed by atoms with Crippen LogP contribution in [0.1, 0.15) is 22.5 Å². The van der Waals surface area contributed by atoms with E-state index in [4.69, 9.17) is 0 Å². The fourth-order valence-electron chi connectivity index (χ4n) is 1.67. The molecule has 2 rings (SSSR count). The second kappa shape index (κ2) is 5.69. The van der Waals surface area contributed by atoms with Gasteiger partial charge in [-0.25, -0.2) is 4.39 Å². The Morgan fingerprint density at radius 3 is 2.67 bits per heavy atom. The Bertz CT molecular complexity index is 523. The first-order valence-corrected chi connectivity index (χ1v) is 5.88. The molecular formula is C14H16FN3. The molecule has 0 bridgehead atoms. The third-order valence-electron chi connectivity index (χ3n) is 2.66. The minimum absolute atomic E-state index is 0.178. The zero-order chi connectivity index (χ0) is 13.0. The molecule has 0 saturated carbocycles. The Balaban J connectivity index is 1.92. The normalized spacial score (nSPS) is 10.6. The summed E-state index contributed by atoms with van der Waals surface area (Å²) in [6.07, 6.45) is 3.46. The molecule has 0 fully saturated rings. The summed E-state index contributed by atoms with van der Waals surface area (Å²) in [6, 6.07) is 5.12. The summed E-state index contributed by atoms with van der Waals surface area (Å²) in [5, 5.41) is 3.16. The number of aryl methyl sites for hydroxylation is 2. The van der Waals surface area contributed by atoms with Gasteiger partial charge in [0.05, 0.1) is 11.4 Å². The molecule has 4 heteroatoms. The molecular weight excluding hydrogens is 229 g/mol. The highest BCUT2D eigenvalue weighted by molar-refractivity contribution is 5.23. The van der Waals surface area contributed by atoms with E-state index < -0.39 is 0 Å². The van der Waals surface area contributed by atoms with Crippen molar-refractivity contribution in [3.63, 3.8) is 0 Å². The molecule has 2 aromatic rings. The average molecular weight is 245 g/mol. The van der Waals surface area contributed by atoms with Crippen LogP contribution in [0.15, 0.2) is 30.6 Å². The number of nitrogens with zero attached hydrogens (tertiary/aromatic N) is 2. The molecule has 0 radical (unpaired) electrons. The molecule has 3 nitrogen and oxygen atoms in total. The molecule has 1 aromatic heterocycles. The van der Waals surface area contributed by atoms with Gasteiger partial charge in [-0.15, -0.1) is 0 Å². The van der Waals surface area contributed by atoms with Crippen molar-refractivity contribution in [1.82, 2.24) is 15.3 Å². The summed E-state index contributed by atoms with van der Waals surface area (Å²) in [6.45, 7) is 4.92. The first kappa shape index (κ1) is 12.6. The van der Waals surface area contributed by atoms with Gasteiger partial charge in [0.2, 0.25) is 0 Å². The van der Waals surface area contributed by atoms with Crippen LogP contribution in [0, 0.1) is 19.7 Å². The maximum atomic E-state index is 13.5. The molecule has 18 heavy (non-hydrogen) atoms. The zero-order valence-electron chi connectivity index (χ0n) is 10.6. The van der Waals surface area contributed by atoms with Gasteiger partial charge in [-0.2, -0.15) is 0 Å². The van der Waals surface area contributed by atoms with Crippen LogP contribution in [0.4, 0.5) is 4.39 Å². The minimum atomic E-state index is -0.178. The third kappa shape index (κ3) is 3.34. The highest BCUT2D eigenvalue weighted by atomic mass is 19.1. The van der Waals surface area contributed by atoms with E-state index in [0.29, 0.717) is 18.7 Å². The lowest BCUT2D eigenvalue weighted by molar-refractivity contribution is 0.584. The van der Waals surface area contributed by atoms with E-state index in [1.54, 1.807) is 18.5 Å². The summed E-state index contributed by atoms with van der Waals surface area (Å²) in [7, 11) is 0. The van der Waals surface area contributed by atoms with Crippen molar-refractivity contribution in [3.05, 3.63) is 58.9 Å². The van der Waals surface area contributed by atoms with Crippen LogP contribution in [0.25, 0.3) is 0 Å². The summed E-state index contributed by atoms with van der Waals surface area (Å²) < 4.78 is 13.5. The molecule has 0 aliphatic heterocycles. The van der Waals surface area contributed by atoms with Crippen LogP contribution in [-0.4, -0.2) is 9.97 Å². The van der Waals surface area contributed by atoms with Gasteiger partial charge in [0, 0.05) is 31.0 Å². The number of nitrogens with one attached hydrogen (secondary N) is 1. The van der Waals surface area contributed by atoms with Gasteiger partial charge < -0.3 is 5.32 Å². The molecule has 0 atom stereocenters. The van der Waals surface area contributed by atoms with Gasteiger partial charge in [0.1, 0.15) is 5.82 Å². The number of rotatable bonds is 4. The van der Waals surface area contributed by atoms with E-state index >= 15 is 0 Å². The van der Waals surface area contributed by atoms with Crippen LogP contribution in [0.2, 0.25) is 0 Å². The lowest BCUT2D eigenvalue weighted by Gasteiger charge is -2.06. The standard InChI is InChI=1S/C14H16FN3/c1-10-3-4-14(15)12(5-10)7-16-8-13-9-17-11(2)6-18-13/h3-6,9,16H,7-8H2,1-2H3. The van der Waals surface area contributed by atoms with E-state index in [9.17, 15) is 4.39 Å².